The van der Waals surface area contributed by atoms with Crippen LogP contribution in [0.3, 0.4) is 0 Å². The first-order chi connectivity index (χ1) is 4.45. The predicted molar refractivity (Wildman–Crippen MR) is 34.6 cm³/mol. The third-order valence-corrected chi connectivity index (χ3v) is 1.30. The molecule has 0 aliphatic carbocycles. The van der Waals surface area contributed by atoms with Gasteiger partial charge in [-0.3, -0.25) is 4.55 Å². The molecular formula is C3H10N2O4S. The van der Waals surface area contributed by atoms with Crippen LogP contribution in [0.5, 0.6) is 0 Å². The van der Waals surface area contributed by atoms with Crippen LogP contribution >= 0.6 is 0 Å². The van der Waals surface area contributed by atoms with E-state index in [4.69, 9.17) is 15.4 Å². The molecule has 0 fully saturated rings. The highest BCUT2D eigenvalue weighted by Gasteiger charge is 2.06. The van der Waals surface area contributed by atoms with E-state index in [2.05, 4.69) is 0 Å². The van der Waals surface area contributed by atoms with Crippen LogP contribution in [-0.4, -0.2) is 37.3 Å². The van der Waals surface area contributed by atoms with E-state index < -0.39 is 16.4 Å². The summed E-state index contributed by atoms with van der Waals surface area (Å²) in [6.07, 6.45) is -0.957. The zero-order valence-corrected chi connectivity index (χ0v) is 6.00. The Hall–Kier alpha value is -0.210. The van der Waals surface area contributed by atoms with Crippen LogP contribution in [0.25, 0.3) is 0 Å². The SMILES string of the molecule is NC[C@H](O)CNS(=O)(=O)O. The normalized spacial score (nSPS) is 15.1. The van der Waals surface area contributed by atoms with Crippen LogP contribution < -0.4 is 10.5 Å². The number of hydrogen-bond acceptors (Lipinski definition) is 4. The molecule has 0 saturated carbocycles. The van der Waals surface area contributed by atoms with Gasteiger partial charge in [0.2, 0.25) is 0 Å². The Kier molecular flexibility index (Phi) is 3.76. The van der Waals surface area contributed by atoms with E-state index in [0.29, 0.717) is 0 Å². The number of rotatable bonds is 4. The van der Waals surface area contributed by atoms with Gasteiger partial charge in [-0.25, -0.2) is 0 Å². The first-order valence-corrected chi connectivity index (χ1v) is 4.00. The average Bonchev–Trinajstić information content (AvgIpc) is 1.81. The average molecular weight is 170 g/mol. The minimum atomic E-state index is -4.19. The van der Waals surface area contributed by atoms with Crippen molar-refractivity contribution in [2.45, 2.75) is 6.10 Å². The van der Waals surface area contributed by atoms with E-state index in [-0.39, 0.29) is 13.1 Å². The summed E-state index contributed by atoms with van der Waals surface area (Å²) in [5.74, 6) is 0. The van der Waals surface area contributed by atoms with E-state index >= 15 is 0 Å². The summed E-state index contributed by atoms with van der Waals surface area (Å²) in [5.41, 5.74) is 4.93. The molecule has 6 nitrogen and oxygen atoms in total. The topological polar surface area (TPSA) is 113 Å². The molecule has 62 valence electrons. The molecule has 0 aromatic carbocycles. The van der Waals surface area contributed by atoms with Gasteiger partial charge < -0.3 is 10.8 Å². The van der Waals surface area contributed by atoms with Crippen molar-refractivity contribution in [3.8, 4) is 0 Å². The lowest BCUT2D eigenvalue weighted by Crippen LogP contribution is -2.35. The lowest BCUT2D eigenvalue weighted by Gasteiger charge is -2.05. The van der Waals surface area contributed by atoms with E-state index in [1.807, 2.05) is 0 Å². The Balaban J connectivity index is 3.56. The number of nitrogens with two attached hydrogens (primary N) is 1. The third kappa shape index (κ3) is 5.92. The third-order valence-electron chi connectivity index (χ3n) is 0.773. The first-order valence-electron chi connectivity index (χ1n) is 2.56. The molecule has 0 bridgehead atoms. The maximum atomic E-state index is 9.94. The molecule has 0 spiro atoms. The van der Waals surface area contributed by atoms with Crippen LogP contribution in [0.15, 0.2) is 0 Å². The van der Waals surface area contributed by atoms with Gasteiger partial charge in [0, 0.05) is 13.1 Å². The predicted octanol–water partition coefficient (Wildman–Crippen LogP) is -2.30. The van der Waals surface area contributed by atoms with Gasteiger partial charge in [-0.1, -0.05) is 0 Å². The Morgan fingerprint density at radius 3 is 2.40 bits per heavy atom. The van der Waals surface area contributed by atoms with Crippen LogP contribution in [-0.2, 0) is 10.3 Å². The van der Waals surface area contributed by atoms with Crippen LogP contribution in [0.2, 0.25) is 0 Å². The molecule has 10 heavy (non-hydrogen) atoms. The fourth-order valence-electron chi connectivity index (χ4n) is 0.285. The van der Waals surface area contributed by atoms with Crippen molar-refractivity contribution in [2.24, 2.45) is 5.73 Å². The fraction of sp³-hybridized carbons (Fsp3) is 1.00. The van der Waals surface area contributed by atoms with Crippen LogP contribution in [0.4, 0.5) is 0 Å². The molecule has 0 aromatic rings. The van der Waals surface area contributed by atoms with Crippen molar-refractivity contribution in [1.29, 1.82) is 0 Å². The molecule has 0 saturated heterocycles. The molecule has 0 unspecified atom stereocenters. The molecule has 0 amide bonds. The molecule has 0 radical (unpaired) electrons. The first kappa shape index (κ1) is 9.79. The van der Waals surface area contributed by atoms with Gasteiger partial charge in [0.1, 0.15) is 0 Å². The Labute approximate surface area is 58.9 Å². The summed E-state index contributed by atoms with van der Waals surface area (Å²) in [6.45, 7) is -0.322. The van der Waals surface area contributed by atoms with E-state index in [1.54, 1.807) is 4.72 Å². The quantitative estimate of drug-likeness (QED) is 0.354. The molecule has 0 heterocycles. The maximum absolute atomic E-state index is 9.94. The van der Waals surface area contributed by atoms with Crippen molar-refractivity contribution in [1.82, 2.24) is 4.72 Å². The van der Waals surface area contributed by atoms with Gasteiger partial charge in [-0.2, -0.15) is 13.1 Å². The van der Waals surface area contributed by atoms with Crippen molar-refractivity contribution in [2.75, 3.05) is 13.1 Å². The number of aliphatic hydroxyl groups is 1. The van der Waals surface area contributed by atoms with Crippen molar-refractivity contribution >= 4 is 10.3 Å². The van der Waals surface area contributed by atoms with Gasteiger partial charge >= 0.3 is 10.3 Å². The maximum Gasteiger partial charge on any atom is 0.333 e. The zero-order chi connectivity index (χ0) is 8.20. The highest BCUT2D eigenvalue weighted by molar-refractivity contribution is 7.83. The van der Waals surface area contributed by atoms with E-state index in [1.165, 1.54) is 0 Å². The largest absolute Gasteiger partial charge is 0.390 e. The highest BCUT2D eigenvalue weighted by atomic mass is 32.2. The molecule has 0 rings (SSSR count). The standard InChI is InChI=1S/C3H10N2O4S/c4-1-3(6)2-5-10(7,8)9/h3,5-6H,1-2,4H2,(H,7,8,9)/t3-/m0/s1. The molecule has 1 atom stereocenters. The minimum Gasteiger partial charge on any atom is -0.390 e. The second-order valence-electron chi connectivity index (χ2n) is 1.71. The summed E-state index contributed by atoms with van der Waals surface area (Å²) in [4.78, 5) is 0. The molecule has 0 aliphatic heterocycles. The lowest BCUT2D eigenvalue weighted by molar-refractivity contribution is 0.185. The second-order valence-corrected chi connectivity index (χ2v) is 2.95. The Bertz CT molecular complexity index is 177. The van der Waals surface area contributed by atoms with E-state index in [0.717, 1.165) is 0 Å². The van der Waals surface area contributed by atoms with Crippen LogP contribution in [0.1, 0.15) is 0 Å². The summed E-state index contributed by atoms with van der Waals surface area (Å²) in [5, 5.41) is 8.66. The molecule has 0 aliphatic rings. The van der Waals surface area contributed by atoms with Crippen molar-refractivity contribution in [3.63, 3.8) is 0 Å². The van der Waals surface area contributed by atoms with Crippen molar-refractivity contribution < 1.29 is 18.1 Å². The molecule has 5 N–H and O–H groups in total. The van der Waals surface area contributed by atoms with E-state index in [9.17, 15) is 8.42 Å². The number of aliphatic hydroxyl groups excluding tert-OH is 1. The van der Waals surface area contributed by atoms with Gasteiger partial charge in [0.05, 0.1) is 6.10 Å². The molecule has 7 heteroatoms. The summed E-state index contributed by atoms with van der Waals surface area (Å²) in [6, 6.07) is 0. The van der Waals surface area contributed by atoms with Gasteiger partial charge in [-0.05, 0) is 0 Å². The van der Waals surface area contributed by atoms with Crippen LogP contribution in [0, 0.1) is 0 Å². The number of hydrogen-bond donors (Lipinski definition) is 4. The molecular weight excluding hydrogens is 160 g/mol. The fourth-order valence-corrected chi connectivity index (χ4v) is 0.688. The summed E-state index contributed by atoms with van der Waals surface area (Å²) in [7, 11) is -4.19. The Morgan fingerprint density at radius 1 is 1.60 bits per heavy atom. The molecule has 0 aromatic heterocycles. The van der Waals surface area contributed by atoms with Gasteiger partial charge in [-0.15, -0.1) is 0 Å². The lowest BCUT2D eigenvalue weighted by atomic mass is 10.4. The second kappa shape index (κ2) is 3.84. The zero-order valence-electron chi connectivity index (χ0n) is 5.19. The highest BCUT2D eigenvalue weighted by Crippen LogP contribution is 1.77. The van der Waals surface area contributed by atoms with Gasteiger partial charge in [0.25, 0.3) is 0 Å². The monoisotopic (exact) mass is 170 g/mol. The van der Waals surface area contributed by atoms with Crippen molar-refractivity contribution in [3.05, 3.63) is 0 Å². The summed E-state index contributed by atoms with van der Waals surface area (Å²) < 4.78 is 29.6. The number of nitrogens with one attached hydrogen (secondary N) is 1. The summed E-state index contributed by atoms with van der Waals surface area (Å²) >= 11 is 0. The Morgan fingerprint density at radius 2 is 2.10 bits per heavy atom. The minimum absolute atomic E-state index is 0.0531. The smallest absolute Gasteiger partial charge is 0.333 e. The van der Waals surface area contributed by atoms with Gasteiger partial charge in [0.15, 0.2) is 0 Å².